The lowest BCUT2D eigenvalue weighted by Gasteiger charge is -2.26. The third kappa shape index (κ3) is 6.11. The summed E-state index contributed by atoms with van der Waals surface area (Å²) in [6.45, 7) is 4.59. The van der Waals surface area contributed by atoms with E-state index in [-0.39, 0.29) is 6.10 Å². The maximum atomic E-state index is 9.90. The summed E-state index contributed by atoms with van der Waals surface area (Å²) in [5.41, 5.74) is 0. The van der Waals surface area contributed by atoms with Gasteiger partial charge < -0.3 is 15.2 Å². The van der Waals surface area contributed by atoms with Gasteiger partial charge in [0.25, 0.3) is 0 Å². The fourth-order valence-electron chi connectivity index (χ4n) is 3.76. The smallest absolute Gasteiger partial charge is 0.0897 e. The molecule has 0 bridgehead atoms. The summed E-state index contributed by atoms with van der Waals surface area (Å²) in [5.74, 6) is 1.82. The molecule has 2 aliphatic rings. The lowest BCUT2D eigenvalue weighted by atomic mass is 9.81. The molecular weight excluding hydrogens is 250 g/mol. The number of hydrogen-bond acceptors (Lipinski definition) is 3. The van der Waals surface area contributed by atoms with E-state index in [1.165, 1.54) is 57.8 Å². The summed E-state index contributed by atoms with van der Waals surface area (Å²) in [7, 11) is 0. The van der Waals surface area contributed by atoms with Crippen LogP contribution in [0.1, 0.15) is 64.7 Å². The molecule has 0 heterocycles. The molecule has 0 saturated heterocycles. The lowest BCUT2D eigenvalue weighted by molar-refractivity contribution is -0.00546. The van der Waals surface area contributed by atoms with Gasteiger partial charge in [0.1, 0.15) is 0 Å². The van der Waals surface area contributed by atoms with Crippen LogP contribution in [-0.4, -0.2) is 37.0 Å². The molecule has 0 amide bonds. The summed E-state index contributed by atoms with van der Waals surface area (Å²) >= 11 is 0. The van der Waals surface area contributed by atoms with Crippen LogP contribution in [-0.2, 0) is 4.74 Å². The van der Waals surface area contributed by atoms with Crippen molar-refractivity contribution in [2.24, 2.45) is 11.8 Å². The molecule has 2 fully saturated rings. The Bertz CT molecular complexity index is 253. The van der Waals surface area contributed by atoms with Gasteiger partial charge in [-0.3, -0.25) is 0 Å². The molecular formula is C17H33NO2. The zero-order valence-electron chi connectivity index (χ0n) is 13.2. The Labute approximate surface area is 124 Å². The minimum absolute atomic E-state index is 0.346. The number of aliphatic hydroxyl groups is 1. The van der Waals surface area contributed by atoms with Crippen molar-refractivity contribution in [3.63, 3.8) is 0 Å². The zero-order valence-corrected chi connectivity index (χ0v) is 13.2. The largest absolute Gasteiger partial charge is 0.389 e. The van der Waals surface area contributed by atoms with Crippen molar-refractivity contribution in [2.75, 3.05) is 19.7 Å². The van der Waals surface area contributed by atoms with E-state index in [0.29, 0.717) is 19.3 Å². The summed E-state index contributed by atoms with van der Waals surface area (Å²) in [4.78, 5) is 0. The monoisotopic (exact) mass is 283 g/mol. The van der Waals surface area contributed by atoms with Crippen molar-refractivity contribution >= 4 is 0 Å². The molecule has 2 saturated carbocycles. The van der Waals surface area contributed by atoms with Crippen molar-refractivity contribution in [2.45, 2.75) is 76.9 Å². The highest BCUT2D eigenvalue weighted by Gasteiger charge is 2.19. The third-order valence-corrected chi connectivity index (χ3v) is 4.98. The topological polar surface area (TPSA) is 41.5 Å². The van der Waals surface area contributed by atoms with E-state index in [9.17, 15) is 5.11 Å². The summed E-state index contributed by atoms with van der Waals surface area (Å²) in [5, 5.41) is 13.3. The Hall–Kier alpha value is -0.120. The summed E-state index contributed by atoms with van der Waals surface area (Å²) in [6.07, 6.45) is 11.9. The van der Waals surface area contributed by atoms with Crippen molar-refractivity contribution in [1.29, 1.82) is 0 Å². The standard InChI is InChI=1S/C17H33NO2/c1-14-5-4-6-15(11-14)9-10-18-12-16(19)13-20-17-7-2-3-8-17/h14-19H,2-13H2,1H3. The quantitative estimate of drug-likeness (QED) is 0.673. The van der Waals surface area contributed by atoms with Gasteiger partial charge in [-0.25, -0.2) is 0 Å². The van der Waals surface area contributed by atoms with Crippen LogP contribution in [0.5, 0.6) is 0 Å². The molecule has 3 atom stereocenters. The molecule has 0 radical (unpaired) electrons. The molecule has 3 unspecified atom stereocenters. The highest BCUT2D eigenvalue weighted by molar-refractivity contribution is 4.72. The minimum Gasteiger partial charge on any atom is -0.389 e. The third-order valence-electron chi connectivity index (χ3n) is 4.98. The van der Waals surface area contributed by atoms with Crippen LogP contribution in [0.2, 0.25) is 0 Å². The first-order valence-corrected chi connectivity index (χ1v) is 8.74. The number of rotatable bonds is 8. The van der Waals surface area contributed by atoms with E-state index in [0.717, 1.165) is 18.4 Å². The second kappa shape index (κ2) is 9.01. The van der Waals surface area contributed by atoms with Crippen LogP contribution in [0.15, 0.2) is 0 Å². The fraction of sp³-hybridized carbons (Fsp3) is 1.00. The first kappa shape index (κ1) is 16.3. The highest BCUT2D eigenvalue weighted by Crippen LogP contribution is 2.30. The van der Waals surface area contributed by atoms with Gasteiger partial charge in [0, 0.05) is 6.54 Å². The van der Waals surface area contributed by atoms with Gasteiger partial charge in [-0.15, -0.1) is 0 Å². The second-order valence-corrected chi connectivity index (χ2v) is 7.02. The Morgan fingerprint density at radius 2 is 1.95 bits per heavy atom. The maximum absolute atomic E-state index is 9.90. The molecule has 3 nitrogen and oxygen atoms in total. The Morgan fingerprint density at radius 3 is 2.70 bits per heavy atom. The SMILES string of the molecule is CC1CCCC(CCNCC(O)COC2CCCC2)C1. The van der Waals surface area contributed by atoms with Crippen LogP contribution < -0.4 is 5.32 Å². The lowest BCUT2D eigenvalue weighted by Crippen LogP contribution is -2.33. The van der Waals surface area contributed by atoms with Gasteiger partial charge >= 0.3 is 0 Å². The number of nitrogens with one attached hydrogen (secondary N) is 1. The molecule has 0 spiro atoms. The summed E-state index contributed by atoms with van der Waals surface area (Å²) in [6, 6.07) is 0. The molecule has 0 aromatic rings. The van der Waals surface area contributed by atoms with E-state index >= 15 is 0 Å². The van der Waals surface area contributed by atoms with Crippen molar-refractivity contribution < 1.29 is 9.84 Å². The molecule has 20 heavy (non-hydrogen) atoms. The molecule has 2 aliphatic carbocycles. The molecule has 0 aliphatic heterocycles. The number of ether oxygens (including phenoxy) is 1. The van der Waals surface area contributed by atoms with Crippen LogP contribution in [0.3, 0.4) is 0 Å². The van der Waals surface area contributed by atoms with E-state index in [1.54, 1.807) is 0 Å². The van der Waals surface area contributed by atoms with Gasteiger partial charge in [0.05, 0.1) is 18.8 Å². The predicted octanol–water partition coefficient (Wildman–Crippen LogP) is 3.11. The molecule has 3 heteroatoms. The zero-order chi connectivity index (χ0) is 14.2. The first-order chi connectivity index (χ1) is 9.74. The van der Waals surface area contributed by atoms with Crippen molar-refractivity contribution in [3.8, 4) is 0 Å². The average Bonchev–Trinajstić information content (AvgIpc) is 2.95. The Morgan fingerprint density at radius 1 is 1.15 bits per heavy atom. The maximum Gasteiger partial charge on any atom is 0.0897 e. The fourth-order valence-corrected chi connectivity index (χ4v) is 3.76. The molecule has 2 rings (SSSR count). The van der Waals surface area contributed by atoms with Gasteiger partial charge in [-0.2, -0.15) is 0 Å². The van der Waals surface area contributed by atoms with Crippen molar-refractivity contribution in [3.05, 3.63) is 0 Å². The minimum atomic E-state index is -0.346. The average molecular weight is 283 g/mol. The Kier molecular flexibility index (Phi) is 7.32. The molecule has 118 valence electrons. The van der Waals surface area contributed by atoms with Gasteiger partial charge in [-0.05, 0) is 44.1 Å². The van der Waals surface area contributed by atoms with Gasteiger partial charge in [0.2, 0.25) is 0 Å². The second-order valence-electron chi connectivity index (χ2n) is 7.02. The number of hydrogen-bond donors (Lipinski definition) is 2. The van der Waals surface area contributed by atoms with E-state index in [2.05, 4.69) is 12.2 Å². The van der Waals surface area contributed by atoms with Crippen molar-refractivity contribution in [1.82, 2.24) is 5.32 Å². The normalized spacial score (nSPS) is 29.7. The van der Waals surface area contributed by atoms with Gasteiger partial charge in [-0.1, -0.05) is 39.0 Å². The Balaban J connectivity index is 1.45. The van der Waals surface area contributed by atoms with Gasteiger partial charge in [0.15, 0.2) is 0 Å². The predicted molar refractivity (Wildman–Crippen MR) is 82.8 cm³/mol. The first-order valence-electron chi connectivity index (χ1n) is 8.74. The summed E-state index contributed by atoms with van der Waals surface area (Å²) < 4.78 is 5.74. The molecule has 2 N–H and O–H groups in total. The van der Waals surface area contributed by atoms with Crippen LogP contribution in [0.25, 0.3) is 0 Å². The van der Waals surface area contributed by atoms with E-state index < -0.39 is 0 Å². The highest BCUT2D eigenvalue weighted by atomic mass is 16.5. The molecule has 0 aromatic carbocycles. The number of aliphatic hydroxyl groups excluding tert-OH is 1. The van der Waals surface area contributed by atoms with E-state index in [1.807, 2.05) is 0 Å². The molecule has 0 aromatic heterocycles. The van der Waals surface area contributed by atoms with Crippen LogP contribution in [0, 0.1) is 11.8 Å². The van der Waals surface area contributed by atoms with E-state index in [4.69, 9.17) is 4.74 Å². The van der Waals surface area contributed by atoms with Crippen LogP contribution >= 0.6 is 0 Å². The van der Waals surface area contributed by atoms with Crippen LogP contribution in [0.4, 0.5) is 0 Å².